The molecule has 2 rings (SSSR count). The predicted molar refractivity (Wildman–Crippen MR) is 84.1 cm³/mol. The summed E-state index contributed by atoms with van der Waals surface area (Å²) in [7, 11) is 1.58. The van der Waals surface area contributed by atoms with Crippen molar-refractivity contribution in [2.24, 2.45) is 0 Å². The zero-order valence-electron chi connectivity index (χ0n) is 11.9. The van der Waals surface area contributed by atoms with Crippen molar-refractivity contribution in [3.05, 3.63) is 42.0 Å². The number of phenolic OH excluding ortho intramolecular Hbond substituents is 1. The van der Waals surface area contributed by atoms with Gasteiger partial charge in [0.2, 0.25) is 0 Å². The highest BCUT2D eigenvalue weighted by Crippen LogP contribution is 2.29. The number of halogens is 1. The van der Waals surface area contributed by atoms with Gasteiger partial charge < -0.3 is 14.7 Å². The van der Waals surface area contributed by atoms with Crippen LogP contribution in [-0.2, 0) is 4.74 Å². The average molecular weight is 308 g/mol. The number of nitrogens with zero attached hydrogens (tertiary/aromatic N) is 1. The van der Waals surface area contributed by atoms with Crippen LogP contribution < -0.4 is 0 Å². The van der Waals surface area contributed by atoms with Crippen molar-refractivity contribution < 1.29 is 14.6 Å². The van der Waals surface area contributed by atoms with Crippen LogP contribution in [0.3, 0.4) is 0 Å². The highest BCUT2D eigenvalue weighted by atomic mass is 35.5. The van der Waals surface area contributed by atoms with Gasteiger partial charge in [-0.15, -0.1) is 11.6 Å². The summed E-state index contributed by atoms with van der Waals surface area (Å²) in [6.45, 7) is 1.28. The summed E-state index contributed by atoms with van der Waals surface area (Å²) in [4.78, 5) is 14.1. The van der Waals surface area contributed by atoms with Crippen molar-refractivity contribution in [2.75, 3.05) is 32.7 Å². The average Bonchev–Trinajstić information content (AvgIpc) is 2.51. The lowest BCUT2D eigenvalue weighted by atomic mass is 10.0. The van der Waals surface area contributed by atoms with Crippen LogP contribution in [0.15, 0.2) is 36.4 Å². The topological polar surface area (TPSA) is 49.8 Å². The van der Waals surface area contributed by atoms with Gasteiger partial charge in [0, 0.05) is 31.5 Å². The Bertz CT molecular complexity index is 630. The molecule has 0 saturated carbocycles. The Morgan fingerprint density at radius 3 is 2.71 bits per heavy atom. The van der Waals surface area contributed by atoms with Gasteiger partial charge in [-0.2, -0.15) is 0 Å². The molecule has 2 aromatic carbocycles. The minimum atomic E-state index is -0.240. The molecule has 0 atom stereocenters. The maximum atomic E-state index is 12.6. The first kappa shape index (κ1) is 15.6. The van der Waals surface area contributed by atoms with Crippen LogP contribution in [0.1, 0.15) is 10.4 Å². The molecule has 2 aromatic rings. The lowest BCUT2D eigenvalue weighted by molar-refractivity contribution is 0.0705. The van der Waals surface area contributed by atoms with Gasteiger partial charge in [0.25, 0.3) is 5.91 Å². The van der Waals surface area contributed by atoms with Crippen LogP contribution in [0.5, 0.6) is 5.75 Å². The molecule has 1 N–H and O–H groups in total. The molecular formula is C16H18ClNO3. The summed E-state index contributed by atoms with van der Waals surface area (Å²) in [5.74, 6) is 0.107. The van der Waals surface area contributed by atoms with E-state index in [9.17, 15) is 9.90 Å². The number of methoxy groups -OCH3 is 1. The first-order valence-electron chi connectivity index (χ1n) is 6.74. The second-order valence-electron chi connectivity index (χ2n) is 4.66. The predicted octanol–water partition coefficient (Wildman–Crippen LogP) is 2.87. The number of hydrogen-bond acceptors (Lipinski definition) is 3. The van der Waals surface area contributed by atoms with Gasteiger partial charge >= 0.3 is 0 Å². The summed E-state index contributed by atoms with van der Waals surface area (Å²) in [5, 5.41) is 11.9. The number of alkyl halides is 1. The minimum absolute atomic E-state index is 0.00934. The molecule has 0 saturated heterocycles. The maximum absolute atomic E-state index is 12.6. The Morgan fingerprint density at radius 2 is 2.00 bits per heavy atom. The van der Waals surface area contributed by atoms with Crippen molar-refractivity contribution in [1.29, 1.82) is 0 Å². The molecule has 4 nitrogen and oxygen atoms in total. The third-order valence-corrected chi connectivity index (χ3v) is 3.51. The number of carbonyl (C=O) groups is 1. The number of carbonyl (C=O) groups excluding carboxylic acids is 1. The molecule has 0 aliphatic carbocycles. The fraction of sp³-hybridized carbons (Fsp3) is 0.312. The van der Waals surface area contributed by atoms with Crippen LogP contribution in [0.4, 0.5) is 0 Å². The molecule has 112 valence electrons. The zero-order chi connectivity index (χ0) is 15.2. The van der Waals surface area contributed by atoms with E-state index in [4.69, 9.17) is 16.3 Å². The van der Waals surface area contributed by atoms with Gasteiger partial charge in [0.15, 0.2) is 0 Å². The van der Waals surface area contributed by atoms with Crippen LogP contribution >= 0.6 is 11.6 Å². The number of hydrogen-bond donors (Lipinski definition) is 1. The molecule has 21 heavy (non-hydrogen) atoms. The zero-order valence-corrected chi connectivity index (χ0v) is 12.6. The molecule has 0 bridgehead atoms. The Balaban J connectivity index is 2.34. The van der Waals surface area contributed by atoms with Gasteiger partial charge in [-0.1, -0.05) is 30.3 Å². The van der Waals surface area contributed by atoms with E-state index in [1.165, 1.54) is 0 Å². The molecule has 0 aliphatic heterocycles. The van der Waals surface area contributed by atoms with Crippen molar-refractivity contribution in [2.45, 2.75) is 0 Å². The Kier molecular flexibility index (Phi) is 5.42. The quantitative estimate of drug-likeness (QED) is 0.835. The Hall–Kier alpha value is -1.78. The minimum Gasteiger partial charge on any atom is -0.506 e. The molecule has 1 amide bonds. The van der Waals surface area contributed by atoms with Crippen LogP contribution in [0.2, 0.25) is 0 Å². The van der Waals surface area contributed by atoms with Gasteiger partial charge in [0.05, 0.1) is 12.2 Å². The third kappa shape index (κ3) is 3.46. The van der Waals surface area contributed by atoms with Crippen LogP contribution in [-0.4, -0.2) is 48.6 Å². The molecule has 5 heteroatoms. The molecule has 0 radical (unpaired) electrons. The lowest BCUT2D eigenvalue weighted by Crippen LogP contribution is -2.35. The number of amides is 1. The van der Waals surface area contributed by atoms with Crippen molar-refractivity contribution in [3.8, 4) is 5.75 Å². The number of ether oxygens (including phenoxy) is 1. The van der Waals surface area contributed by atoms with Crippen LogP contribution in [0, 0.1) is 0 Å². The SMILES string of the molecule is COCCN(CCCl)C(=O)c1ccc2ccccc2c1O. The monoisotopic (exact) mass is 307 g/mol. The van der Waals surface area contributed by atoms with Crippen LogP contribution in [0.25, 0.3) is 10.8 Å². The highest BCUT2D eigenvalue weighted by molar-refractivity contribution is 6.18. The van der Waals surface area contributed by atoms with Crippen molar-refractivity contribution >= 4 is 28.3 Å². The highest BCUT2D eigenvalue weighted by Gasteiger charge is 2.19. The first-order chi connectivity index (χ1) is 10.2. The maximum Gasteiger partial charge on any atom is 0.257 e. The van der Waals surface area contributed by atoms with E-state index in [0.717, 1.165) is 5.39 Å². The molecule has 0 heterocycles. The summed E-state index contributed by atoms with van der Waals surface area (Å²) in [5.41, 5.74) is 0.287. The second kappa shape index (κ2) is 7.29. The number of aromatic hydroxyl groups is 1. The van der Waals surface area contributed by atoms with Gasteiger partial charge in [-0.3, -0.25) is 4.79 Å². The van der Waals surface area contributed by atoms with Gasteiger partial charge in [-0.05, 0) is 11.5 Å². The van der Waals surface area contributed by atoms with E-state index >= 15 is 0 Å². The van der Waals surface area contributed by atoms with E-state index in [-0.39, 0.29) is 17.2 Å². The fourth-order valence-electron chi connectivity index (χ4n) is 2.22. The van der Waals surface area contributed by atoms with E-state index < -0.39 is 0 Å². The third-order valence-electron chi connectivity index (χ3n) is 3.34. The fourth-order valence-corrected chi connectivity index (χ4v) is 2.42. The second-order valence-corrected chi connectivity index (χ2v) is 5.03. The molecule has 0 unspecified atom stereocenters. The normalized spacial score (nSPS) is 10.8. The largest absolute Gasteiger partial charge is 0.506 e. The van der Waals surface area contributed by atoms with Crippen molar-refractivity contribution in [3.63, 3.8) is 0 Å². The molecular weight excluding hydrogens is 290 g/mol. The van der Waals surface area contributed by atoms with E-state index in [1.807, 2.05) is 24.3 Å². The number of benzene rings is 2. The smallest absolute Gasteiger partial charge is 0.257 e. The van der Waals surface area contributed by atoms with Gasteiger partial charge in [-0.25, -0.2) is 0 Å². The number of phenols is 1. The summed E-state index contributed by atoms with van der Waals surface area (Å²) in [6.07, 6.45) is 0. The Morgan fingerprint density at radius 1 is 1.24 bits per heavy atom. The first-order valence-corrected chi connectivity index (χ1v) is 7.27. The standard InChI is InChI=1S/C16H18ClNO3/c1-21-11-10-18(9-8-17)16(20)14-7-6-12-4-2-3-5-13(12)15(14)19/h2-7,19H,8-11H2,1H3. The molecule has 0 aliphatic rings. The summed E-state index contributed by atoms with van der Waals surface area (Å²) >= 11 is 5.74. The van der Waals surface area contributed by atoms with Crippen molar-refractivity contribution in [1.82, 2.24) is 4.90 Å². The van der Waals surface area contributed by atoms with E-state index in [2.05, 4.69) is 0 Å². The Labute approximate surface area is 128 Å². The van der Waals surface area contributed by atoms with E-state index in [1.54, 1.807) is 24.1 Å². The summed E-state index contributed by atoms with van der Waals surface area (Å²) < 4.78 is 5.01. The summed E-state index contributed by atoms with van der Waals surface area (Å²) in [6, 6.07) is 10.9. The molecule has 0 fully saturated rings. The molecule has 0 spiro atoms. The lowest BCUT2D eigenvalue weighted by Gasteiger charge is -2.22. The number of fused-ring (bicyclic) bond motifs is 1. The van der Waals surface area contributed by atoms with E-state index in [0.29, 0.717) is 31.0 Å². The number of rotatable bonds is 6. The van der Waals surface area contributed by atoms with Gasteiger partial charge in [0.1, 0.15) is 5.75 Å². The molecule has 0 aromatic heterocycles.